The number of aromatic nitrogens is 4. The van der Waals surface area contributed by atoms with E-state index in [2.05, 4.69) is 22.0 Å². The van der Waals surface area contributed by atoms with E-state index < -0.39 is 0 Å². The lowest BCUT2D eigenvalue weighted by molar-refractivity contribution is 0.587. The first-order chi connectivity index (χ1) is 6.29. The van der Waals surface area contributed by atoms with Crippen molar-refractivity contribution in [3.8, 4) is 11.4 Å². The minimum absolute atomic E-state index is 0.811. The number of hydrogen-bond donors (Lipinski definition) is 0. The largest absolute Gasteiger partial charge is 0.270 e. The molecule has 0 bridgehead atoms. The van der Waals surface area contributed by atoms with Crippen LogP contribution in [0, 0.1) is 6.92 Å². The smallest absolute Gasteiger partial charge is 0.126 e. The Morgan fingerprint density at radius 2 is 2.08 bits per heavy atom. The molecule has 0 aromatic carbocycles. The summed E-state index contributed by atoms with van der Waals surface area (Å²) in [4.78, 5) is 8.51. The van der Waals surface area contributed by atoms with E-state index in [1.54, 1.807) is 6.20 Å². The van der Waals surface area contributed by atoms with Gasteiger partial charge in [0.1, 0.15) is 17.2 Å². The molecule has 0 spiro atoms. The summed E-state index contributed by atoms with van der Waals surface area (Å²) in [7, 11) is 0. The van der Waals surface area contributed by atoms with E-state index in [-0.39, 0.29) is 0 Å². The zero-order valence-corrected chi connectivity index (χ0v) is 7.86. The summed E-state index contributed by atoms with van der Waals surface area (Å²) in [6.07, 6.45) is 4.79. The summed E-state index contributed by atoms with van der Waals surface area (Å²) in [5, 5.41) is 4.22. The summed E-state index contributed by atoms with van der Waals surface area (Å²) < 4.78 is 1.90. The Labute approximate surface area is 77.0 Å². The van der Waals surface area contributed by atoms with Gasteiger partial charge < -0.3 is 0 Å². The molecule has 0 amide bonds. The van der Waals surface area contributed by atoms with Crippen molar-refractivity contribution in [2.45, 2.75) is 26.8 Å². The highest BCUT2D eigenvalue weighted by molar-refractivity contribution is 5.53. The fourth-order valence-corrected chi connectivity index (χ4v) is 1.33. The molecule has 2 rings (SSSR count). The Bertz CT molecular complexity index is 379. The molecule has 0 saturated carbocycles. The van der Waals surface area contributed by atoms with Gasteiger partial charge in [0.25, 0.3) is 0 Å². The van der Waals surface area contributed by atoms with Gasteiger partial charge in [0.2, 0.25) is 0 Å². The van der Waals surface area contributed by atoms with Crippen LogP contribution in [0.15, 0.2) is 12.4 Å². The number of nitrogens with zero attached hydrogens (tertiary/aromatic N) is 4. The second-order valence-corrected chi connectivity index (χ2v) is 3.08. The van der Waals surface area contributed by atoms with Crippen molar-refractivity contribution in [2.75, 3.05) is 0 Å². The highest BCUT2D eigenvalue weighted by atomic mass is 15.3. The molecule has 0 N–H and O–H groups in total. The van der Waals surface area contributed by atoms with Crippen molar-refractivity contribution < 1.29 is 0 Å². The Morgan fingerprint density at radius 3 is 2.85 bits per heavy atom. The normalized spacial score (nSPS) is 10.9. The molecule has 0 aliphatic carbocycles. The molecule has 0 saturated heterocycles. The standard InChI is InChI=1S/C9H12N4/c1-3-4-13-6-9-8(5-10-13)11-7(2)12-9/h5-6H,3-4H2,1-2H3. The molecule has 0 aromatic heterocycles. The number of fused-ring (bicyclic) bond motifs is 1. The molecular formula is C9H12N4. The fraction of sp³-hybridized carbons (Fsp3) is 0.444. The molecule has 4 nitrogen and oxygen atoms in total. The van der Waals surface area contributed by atoms with Crippen molar-refractivity contribution in [3.63, 3.8) is 0 Å². The topological polar surface area (TPSA) is 43.6 Å². The van der Waals surface area contributed by atoms with Crippen molar-refractivity contribution in [3.05, 3.63) is 18.2 Å². The van der Waals surface area contributed by atoms with Crippen LogP contribution in [-0.2, 0) is 6.54 Å². The molecule has 2 heterocycles. The molecule has 68 valence electrons. The van der Waals surface area contributed by atoms with Crippen LogP contribution in [0.25, 0.3) is 11.4 Å². The third-order valence-corrected chi connectivity index (χ3v) is 1.88. The third-order valence-electron chi connectivity index (χ3n) is 1.88. The molecule has 0 atom stereocenters. The van der Waals surface area contributed by atoms with Crippen LogP contribution in [0.3, 0.4) is 0 Å². The highest BCUT2D eigenvalue weighted by Gasteiger charge is 2.08. The van der Waals surface area contributed by atoms with E-state index in [1.165, 1.54) is 0 Å². The van der Waals surface area contributed by atoms with Crippen molar-refractivity contribution >= 4 is 0 Å². The van der Waals surface area contributed by atoms with Gasteiger partial charge in [0.15, 0.2) is 0 Å². The van der Waals surface area contributed by atoms with E-state index in [0.29, 0.717) is 0 Å². The first kappa shape index (κ1) is 8.16. The summed E-state index contributed by atoms with van der Waals surface area (Å²) in [6, 6.07) is 0. The lowest BCUT2D eigenvalue weighted by Gasteiger charge is -2.03. The molecule has 13 heavy (non-hydrogen) atoms. The summed E-state index contributed by atoms with van der Waals surface area (Å²) in [5.74, 6) is 0.811. The Hall–Kier alpha value is -1.45. The number of aryl methyl sites for hydroxylation is 2. The zero-order valence-electron chi connectivity index (χ0n) is 7.86. The van der Waals surface area contributed by atoms with Crippen LogP contribution >= 0.6 is 0 Å². The number of imidazole rings is 1. The second-order valence-electron chi connectivity index (χ2n) is 3.08. The monoisotopic (exact) mass is 176 g/mol. The minimum Gasteiger partial charge on any atom is -0.270 e. The average Bonchev–Trinajstić information content (AvgIpc) is 2.44. The molecular weight excluding hydrogens is 164 g/mol. The molecule has 2 aliphatic rings. The highest BCUT2D eigenvalue weighted by Crippen LogP contribution is 2.15. The summed E-state index contributed by atoms with van der Waals surface area (Å²) in [5.41, 5.74) is 1.81. The fourth-order valence-electron chi connectivity index (χ4n) is 1.33. The van der Waals surface area contributed by atoms with Crippen LogP contribution in [-0.4, -0.2) is 19.7 Å². The lowest BCUT2D eigenvalue weighted by atomic mass is 10.3. The SMILES string of the molecule is CCCn1cc2nc(C)nc-2cn1. The van der Waals surface area contributed by atoms with Gasteiger partial charge in [-0.05, 0) is 13.3 Å². The van der Waals surface area contributed by atoms with Gasteiger partial charge in [-0.15, -0.1) is 0 Å². The van der Waals surface area contributed by atoms with Crippen molar-refractivity contribution in [2.24, 2.45) is 0 Å². The van der Waals surface area contributed by atoms with Crippen LogP contribution in [0.4, 0.5) is 0 Å². The Morgan fingerprint density at radius 1 is 1.31 bits per heavy atom. The number of hydrogen-bond acceptors (Lipinski definition) is 3. The van der Waals surface area contributed by atoms with Gasteiger partial charge in [-0.25, -0.2) is 9.97 Å². The lowest BCUT2D eigenvalue weighted by Crippen LogP contribution is -2.03. The Balaban J connectivity index is 2.44. The first-order valence-corrected chi connectivity index (χ1v) is 4.46. The van der Waals surface area contributed by atoms with Crippen LogP contribution < -0.4 is 0 Å². The average molecular weight is 176 g/mol. The first-order valence-electron chi connectivity index (χ1n) is 4.46. The summed E-state index contributed by atoms with van der Waals surface area (Å²) in [6.45, 7) is 4.95. The summed E-state index contributed by atoms with van der Waals surface area (Å²) >= 11 is 0. The van der Waals surface area contributed by atoms with Gasteiger partial charge in [0, 0.05) is 6.54 Å². The molecule has 2 aliphatic heterocycles. The van der Waals surface area contributed by atoms with Gasteiger partial charge >= 0.3 is 0 Å². The Kier molecular flexibility index (Phi) is 1.96. The molecule has 0 fully saturated rings. The van der Waals surface area contributed by atoms with E-state index >= 15 is 0 Å². The zero-order chi connectivity index (χ0) is 9.26. The molecule has 0 radical (unpaired) electrons. The van der Waals surface area contributed by atoms with Gasteiger partial charge in [-0.1, -0.05) is 6.92 Å². The van der Waals surface area contributed by atoms with Crippen LogP contribution in [0.1, 0.15) is 19.2 Å². The van der Waals surface area contributed by atoms with E-state index in [9.17, 15) is 0 Å². The maximum Gasteiger partial charge on any atom is 0.126 e. The van der Waals surface area contributed by atoms with E-state index in [0.717, 1.165) is 30.2 Å². The predicted octanol–water partition coefficient (Wildman–Crippen LogP) is 1.50. The van der Waals surface area contributed by atoms with Crippen molar-refractivity contribution in [1.82, 2.24) is 19.7 Å². The minimum atomic E-state index is 0.811. The maximum absolute atomic E-state index is 4.28. The molecule has 4 heteroatoms. The quantitative estimate of drug-likeness (QED) is 0.696. The third kappa shape index (κ3) is 1.52. The maximum atomic E-state index is 4.28. The second kappa shape index (κ2) is 3.12. The number of rotatable bonds is 2. The van der Waals surface area contributed by atoms with E-state index in [1.807, 2.05) is 17.8 Å². The van der Waals surface area contributed by atoms with Crippen LogP contribution in [0.5, 0.6) is 0 Å². The molecule has 0 aromatic rings. The predicted molar refractivity (Wildman–Crippen MR) is 49.5 cm³/mol. The van der Waals surface area contributed by atoms with Crippen molar-refractivity contribution in [1.29, 1.82) is 0 Å². The van der Waals surface area contributed by atoms with E-state index in [4.69, 9.17) is 0 Å². The molecule has 0 unspecified atom stereocenters. The van der Waals surface area contributed by atoms with Crippen LogP contribution in [0.2, 0.25) is 0 Å². The van der Waals surface area contributed by atoms with Gasteiger partial charge in [0.05, 0.1) is 12.4 Å². The van der Waals surface area contributed by atoms with Gasteiger partial charge in [-0.3, -0.25) is 4.68 Å². The van der Waals surface area contributed by atoms with Gasteiger partial charge in [-0.2, -0.15) is 5.10 Å².